The highest BCUT2D eigenvalue weighted by Crippen LogP contribution is 2.40. The molecule has 0 aromatic heterocycles. The molecule has 0 unspecified atom stereocenters. The topological polar surface area (TPSA) is 18.5 Å². The molecule has 0 spiro atoms. The van der Waals surface area contributed by atoms with Gasteiger partial charge >= 0.3 is 0 Å². The van der Waals surface area contributed by atoms with Crippen LogP contribution in [0.3, 0.4) is 0 Å². The average molecular weight is 489 g/mol. The summed E-state index contributed by atoms with van der Waals surface area (Å²) in [4.78, 5) is 0. The highest BCUT2D eigenvalue weighted by molar-refractivity contribution is 9.11. The minimum atomic E-state index is 0.608. The Bertz CT molecular complexity index is 816. The van der Waals surface area contributed by atoms with Gasteiger partial charge < -0.3 is 9.47 Å². The van der Waals surface area contributed by atoms with Gasteiger partial charge in [-0.1, -0.05) is 35.3 Å². The fraction of sp³-hybridized carbons (Fsp3) is 0. The summed E-state index contributed by atoms with van der Waals surface area (Å²) in [5.41, 5.74) is 0. The van der Waals surface area contributed by atoms with E-state index < -0.39 is 0 Å². The molecule has 0 aliphatic heterocycles. The fourth-order valence-electron chi connectivity index (χ4n) is 1.98. The van der Waals surface area contributed by atoms with Crippen molar-refractivity contribution < 1.29 is 9.47 Å². The maximum atomic E-state index is 5.99. The highest BCUT2D eigenvalue weighted by atomic mass is 79.9. The van der Waals surface area contributed by atoms with Gasteiger partial charge in [0.25, 0.3) is 0 Å². The molecular formula is C18H10Br2Cl2O2. The molecule has 24 heavy (non-hydrogen) atoms. The van der Waals surface area contributed by atoms with E-state index in [0.717, 1.165) is 8.95 Å². The van der Waals surface area contributed by atoms with Crippen LogP contribution in [0.4, 0.5) is 0 Å². The molecule has 0 saturated carbocycles. The number of benzene rings is 3. The zero-order valence-electron chi connectivity index (χ0n) is 12.1. The van der Waals surface area contributed by atoms with E-state index in [0.29, 0.717) is 33.0 Å². The van der Waals surface area contributed by atoms with E-state index in [2.05, 4.69) is 31.9 Å². The Kier molecular flexibility index (Phi) is 5.72. The average Bonchev–Trinajstić information content (AvgIpc) is 2.52. The van der Waals surface area contributed by atoms with Crippen LogP contribution in [-0.2, 0) is 0 Å². The van der Waals surface area contributed by atoms with Gasteiger partial charge in [0.2, 0.25) is 0 Å². The maximum Gasteiger partial charge on any atom is 0.145 e. The molecule has 3 rings (SSSR count). The smallest absolute Gasteiger partial charge is 0.145 e. The summed E-state index contributed by atoms with van der Waals surface area (Å²) < 4.78 is 13.3. The summed E-state index contributed by atoms with van der Waals surface area (Å²) in [7, 11) is 0. The largest absolute Gasteiger partial charge is 0.456 e. The van der Waals surface area contributed by atoms with Crippen LogP contribution in [-0.4, -0.2) is 0 Å². The third-order valence-corrected chi connectivity index (χ3v) is 4.74. The minimum absolute atomic E-state index is 0.608. The summed E-state index contributed by atoms with van der Waals surface area (Å²) in [6, 6.07) is 18.0. The Balaban J connectivity index is 1.91. The third kappa shape index (κ3) is 4.45. The third-order valence-electron chi connectivity index (χ3n) is 3.03. The van der Waals surface area contributed by atoms with Gasteiger partial charge in [0.15, 0.2) is 0 Å². The first-order valence-corrected chi connectivity index (χ1v) is 9.21. The summed E-state index contributed by atoms with van der Waals surface area (Å²) >= 11 is 19.0. The normalized spacial score (nSPS) is 10.5. The second kappa shape index (κ2) is 7.79. The van der Waals surface area contributed by atoms with Gasteiger partial charge in [-0.15, -0.1) is 0 Å². The molecule has 0 atom stereocenters. The number of ether oxygens (including phenoxy) is 2. The highest BCUT2D eigenvalue weighted by Gasteiger charge is 2.11. The lowest BCUT2D eigenvalue weighted by Gasteiger charge is -2.13. The molecule has 0 radical (unpaired) electrons. The van der Waals surface area contributed by atoms with Crippen molar-refractivity contribution in [3.63, 3.8) is 0 Å². The maximum absolute atomic E-state index is 5.99. The molecule has 3 aromatic carbocycles. The van der Waals surface area contributed by atoms with Crippen molar-refractivity contribution in [2.45, 2.75) is 0 Å². The van der Waals surface area contributed by atoms with Gasteiger partial charge in [-0.25, -0.2) is 0 Å². The molecule has 2 nitrogen and oxygen atoms in total. The number of rotatable bonds is 4. The van der Waals surface area contributed by atoms with Crippen LogP contribution < -0.4 is 9.47 Å². The Morgan fingerprint density at radius 3 is 1.50 bits per heavy atom. The summed E-state index contributed by atoms with van der Waals surface area (Å²) in [5.74, 6) is 2.49. The molecule has 0 saturated heterocycles. The Hall–Kier alpha value is -1.20. The summed E-state index contributed by atoms with van der Waals surface area (Å²) in [6.07, 6.45) is 0. The molecule has 0 bridgehead atoms. The molecule has 0 fully saturated rings. The molecule has 122 valence electrons. The summed E-state index contributed by atoms with van der Waals surface area (Å²) in [5, 5.41) is 1.22. The van der Waals surface area contributed by atoms with Gasteiger partial charge in [0, 0.05) is 16.1 Å². The SMILES string of the molecule is Clc1cccc(Oc2cc(Oc3cccc(Cl)c3)c(Br)cc2Br)c1. The van der Waals surface area contributed by atoms with E-state index >= 15 is 0 Å². The number of hydrogen-bond acceptors (Lipinski definition) is 2. The quantitative estimate of drug-likeness (QED) is 0.369. The van der Waals surface area contributed by atoms with Crippen molar-refractivity contribution in [3.8, 4) is 23.0 Å². The zero-order valence-corrected chi connectivity index (χ0v) is 16.8. The first-order valence-electron chi connectivity index (χ1n) is 6.87. The molecule has 0 aliphatic carbocycles. The molecule has 3 aromatic rings. The van der Waals surface area contributed by atoms with Crippen LogP contribution in [0.25, 0.3) is 0 Å². The summed E-state index contributed by atoms with van der Waals surface area (Å²) in [6.45, 7) is 0. The monoisotopic (exact) mass is 486 g/mol. The molecule has 6 heteroatoms. The van der Waals surface area contributed by atoms with Crippen molar-refractivity contribution in [2.24, 2.45) is 0 Å². The van der Waals surface area contributed by atoms with Gasteiger partial charge in [0.05, 0.1) is 8.95 Å². The van der Waals surface area contributed by atoms with E-state index in [1.165, 1.54) is 0 Å². The van der Waals surface area contributed by atoms with Crippen molar-refractivity contribution >= 4 is 55.1 Å². The van der Waals surface area contributed by atoms with E-state index in [-0.39, 0.29) is 0 Å². The van der Waals surface area contributed by atoms with Crippen LogP contribution in [0.2, 0.25) is 10.0 Å². The lowest BCUT2D eigenvalue weighted by Crippen LogP contribution is -1.90. The predicted octanol–water partition coefficient (Wildman–Crippen LogP) is 8.10. The Morgan fingerprint density at radius 2 is 1.08 bits per heavy atom. The van der Waals surface area contributed by atoms with Crippen molar-refractivity contribution in [1.82, 2.24) is 0 Å². The molecule has 0 aliphatic rings. The predicted molar refractivity (Wildman–Crippen MR) is 105 cm³/mol. The lowest BCUT2D eigenvalue weighted by molar-refractivity contribution is 0.456. The molecule has 0 heterocycles. The van der Waals surface area contributed by atoms with Crippen LogP contribution in [0, 0.1) is 0 Å². The van der Waals surface area contributed by atoms with E-state index in [1.54, 1.807) is 30.3 Å². The van der Waals surface area contributed by atoms with Crippen molar-refractivity contribution in [1.29, 1.82) is 0 Å². The minimum Gasteiger partial charge on any atom is -0.456 e. The van der Waals surface area contributed by atoms with Gasteiger partial charge in [-0.3, -0.25) is 0 Å². The second-order valence-corrected chi connectivity index (χ2v) is 7.41. The standard InChI is InChI=1S/C18H10Br2Cl2O2/c19-15-9-16(20)18(24-14-6-2-4-12(22)8-14)10-17(15)23-13-5-1-3-11(21)7-13/h1-10H. The second-order valence-electron chi connectivity index (χ2n) is 4.83. The van der Waals surface area contributed by atoms with Gasteiger partial charge in [-0.2, -0.15) is 0 Å². The van der Waals surface area contributed by atoms with Crippen LogP contribution in [0.1, 0.15) is 0 Å². The zero-order chi connectivity index (χ0) is 17.1. The van der Waals surface area contributed by atoms with Gasteiger partial charge in [-0.05, 0) is 74.3 Å². The number of halogens is 4. The van der Waals surface area contributed by atoms with Crippen LogP contribution in [0.5, 0.6) is 23.0 Å². The van der Waals surface area contributed by atoms with Crippen molar-refractivity contribution in [2.75, 3.05) is 0 Å². The van der Waals surface area contributed by atoms with E-state index in [4.69, 9.17) is 32.7 Å². The first kappa shape index (κ1) is 17.6. The van der Waals surface area contributed by atoms with E-state index in [9.17, 15) is 0 Å². The fourth-order valence-corrected chi connectivity index (χ4v) is 3.50. The van der Waals surface area contributed by atoms with Crippen LogP contribution in [0.15, 0.2) is 69.6 Å². The first-order chi connectivity index (χ1) is 11.5. The number of hydrogen-bond donors (Lipinski definition) is 0. The molecular weight excluding hydrogens is 479 g/mol. The van der Waals surface area contributed by atoms with Gasteiger partial charge in [0.1, 0.15) is 23.0 Å². The lowest BCUT2D eigenvalue weighted by atomic mass is 10.3. The van der Waals surface area contributed by atoms with Crippen LogP contribution >= 0.6 is 55.1 Å². The van der Waals surface area contributed by atoms with Crippen molar-refractivity contribution in [3.05, 3.63) is 79.7 Å². The Labute approximate surface area is 166 Å². The van der Waals surface area contributed by atoms with E-state index in [1.807, 2.05) is 30.3 Å². The molecule has 0 amide bonds. The Morgan fingerprint density at radius 1 is 0.625 bits per heavy atom. The molecule has 0 N–H and O–H groups in total.